The Labute approximate surface area is 133 Å². The van der Waals surface area contributed by atoms with Crippen molar-refractivity contribution in [3.05, 3.63) is 83.9 Å². The molecule has 0 aliphatic heterocycles. The van der Waals surface area contributed by atoms with Gasteiger partial charge >= 0.3 is 0 Å². The maximum absolute atomic E-state index is 6.50. The molecule has 0 spiro atoms. The molecule has 4 rings (SSSR count). The first-order chi connectivity index (χ1) is 10.8. The van der Waals surface area contributed by atoms with Gasteiger partial charge in [0.2, 0.25) is 0 Å². The average Bonchev–Trinajstić information content (AvgIpc) is 2.93. The quantitative estimate of drug-likeness (QED) is 0.416. The molecule has 1 nitrogen and oxygen atoms in total. The fraction of sp³-hybridized carbons (Fsp3) is 0. The van der Waals surface area contributed by atoms with Gasteiger partial charge in [0.25, 0.3) is 0 Å². The third-order valence-corrected chi connectivity index (χ3v) is 4.14. The molecule has 1 aromatic heterocycles. The van der Waals surface area contributed by atoms with Crippen molar-refractivity contribution < 1.29 is 4.42 Å². The molecular weight excluding hydrogens is 292 g/mol. The van der Waals surface area contributed by atoms with Crippen LogP contribution in [0.3, 0.4) is 0 Å². The van der Waals surface area contributed by atoms with Gasteiger partial charge in [-0.05, 0) is 29.3 Å². The van der Waals surface area contributed by atoms with E-state index in [4.69, 9.17) is 16.0 Å². The minimum atomic E-state index is 0.667. The summed E-state index contributed by atoms with van der Waals surface area (Å²) in [4.78, 5) is 0. The smallest absolute Gasteiger partial charge is 0.154 e. The van der Waals surface area contributed by atoms with Crippen LogP contribution < -0.4 is 0 Å². The van der Waals surface area contributed by atoms with Crippen LogP contribution in [0.15, 0.2) is 83.3 Å². The van der Waals surface area contributed by atoms with E-state index in [0.29, 0.717) is 5.02 Å². The molecule has 0 fully saturated rings. The van der Waals surface area contributed by atoms with Crippen molar-refractivity contribution in [2.45, 2.75) is 0 Å². The third-order valence-electron chi connectivity index (χ3n) is 3.77. The Morgan fingerprint density at radius 1 is 0.636 bits per heavy atom. The van der Waals surface area contributed by atoms with Crippen molar-refractivity contribution in [1.82, 2.24) is 0 Å². The summed E-state index contributed by atoms with van der Waals surface area (Å²) in [5.74, 6) is 0.723. The molecule has 22 heavy (non-hydrogen) atoms. The van der Waals surface area contributed by atoms with Gasteiger partial charge in [0.05, 0.1) is 5.02 Å². The van der Waals surface area contributed by atoms with E-state index in [1.165, 1.54) is 5.56 Å². The zero-order valence-electron chi connectivity index (χ0n) is 11.8. The van der Waals surface area contributed by atoms with Crippen LogP contribution in [0, 0.1) is 0 Å². The minimum Gasteiger partial charge on any atom is -0.454 e. The first kappa shape index (κ1) is 13.2. The molecule has 2 heteroatoms. The highest BCUT2D eigenvalue weighted by atomic mass is 35.5. The number of benzene rings is 3. The van der Waals surface area contributed by atoms with Crippen LogP contribution in [0.25, 0.3) is 33.4 Å². The largest absolute Gasteiger partial charge is 0.454 e. The van der Waals surface area contributed by atoms with E-state index in [2.05, 4.69) is 24.3 Å². The maximum Gasteiger partial charge on any atom is 0.154 e. The number of para-hydroxylation sites is 1. The zero-order chi connectivity index (χ0) is 14.9. The van der Waals surface area contributed by atoms with Gasteiger partial charge in [0.1, 0.15) is 5.58 Å². The summed E-state index contributed by atoms with van der Waals surface area (Å²) in [6.07, 6.45) is 0. The number of fused-ring (bicyclic) bond motifs is 1. The number of hydrogen-bond acceptors (Lipinski definition) is 1. The lowest BCUT2D eigenvalue weighted by molar-refractivity contribution is 0.632. The van der Waals surface area contributed by atoms with Crippen molar-refractivity contribution in [2.75, 3.05) is 0 Å². The van der Waals surface area contributed by atoms with E-state index in [1.807, 2.05) is 54.6 Å². The lowest BCUT2D eigenvalue weighted by Gasteiger charge is -2.04. The number of halogens is 1. The number of hydrogen-bond donors (Lipinski definition) is 0. The number of rotatable bonds is 2. The van der Waals surface area contributed by atoms with Crippen molar-refractivity contribution >= 4 is 22.6 Å². The molecule has 106 valence electrons. The molecule has 0 bridgehead atoms. The van der Waals surface area contributed by atoms with Crippen LogP contribution >= 0.6 is 11.6 Å². The van der Waals surface area contributed by atoms with Gasteiger partial charge in [-0.2, -0.15) is 0 Å². The lowest BCUT2D eigenvalue weighted by Crippen LogP contribution is -1.80. The highest BCUT2D eigenvalue weighted by Crippen LogP contribution is 2.38. The van der Waals surface area contributed by atoms with Crippen molar-refractivity contribution in [3.8, 4) is 22.5 Å². The third kappa shape index (κ3) is 2.20. The second-order valence-electron chi connectivity index (χ2n) is 5.19. The second kappa shape index (κ2) is 5.36. The van der Waals surface area contributed by atoms with Gasteiger partial charge in [-0.3, -0.25) is 0 Å². The predicted octanol–water partition coefficient (Wildman–Crippen LogP) is 6.42. The Balaban J connectivity index is 1.87. The Bertz CT molecular complexity index is 938. The SMILES string of the molecule is Clc1c(-c2cccc(-c3ccccc3)c2)oc2ccccc12. The Morgan fingerprint density at radius 3 is 2.14 bits per heavy atom. The van der Waals surface area contributed by atoms with E-state index in [1.54, 1.807) is 0 Å². The normalized spacial score (nSPS) is 11.0. The van der Waals surface area contributed by atoms with Crippen molar-refractivity contribution in [1.29, 1.82) is 0 Å². The first-order valence-corrected chi connectivity index (χ1v) is 7.53. The molecule has 3 aromatic carbocycles. The van der Waals surface area contributed by atoms with Gasteiger partial charge in [-0.15, -0.1) is 0 Å². The summed E-state index contributed by atoms with van der Waals surface area (Å²) in [5, 5.41) is 1.62. The lowest BCUT2D eigenvalue weighted by atomic mass is 10.0. The van der Waals surface area contributed by atoms with Gasteiger partial charge in [-0.25, -0.2) is 0 Å². The zero-order valence-corrected chi connectivity index (χ0v) is 12.5. The molecule has 0 aliphatic rings. The maximum atomic E-state index is 6.50. The van der Waals surface area contributed by atoms with Gasteiger partial charge in [0.15, 0.2) is 5.76 Å². The summed E-state index contributed by atoms with van der Waals surface area (Å²) in [6.45, 7) is 0. The summed E-state index contributed by atoms with van der Waals surface area (Å²) in [6, 6.07) is 26.4. The first-order valence-electron chi connectivity index (χ1n) is 7.16. The molecule has 0 atom stereocenters. The minimum absolute atomic E-state index is 0.667. The molecule has 0 amide bonds. The van der Waals surface area contributed by atoms with Gasteiger partial charge in [-0.1, -0.05) is 72.3 Å². The van der Waals surface area contributed by atoms with Crippen LogP contribution in [0.5, 0.6) is 0 Å². The predicted molar refractivity (Wildman–Crippen MR) is 92.1 cm³/mol. The summed E-state index contributed by atoms with van der Waals surface area (Å²) in [5.41, 5.74) is 4.13. The van der Waals surface area contributed by atoms with E-state index in [9.17, 15) is 0 Å². The molecule has 0 N–H and O–H groups in total. The monoisotopic (exact) mass is 304 g/mol. The molecule has 0 saturated heterocycles. The van der Waals surface area contributed by atoms with E-state index in [-0.39, 0.29) is 0 Å². The molecule has 0 saturated carbocycles. The number of furan rings is 1. The van der Waals surface area contributed by atoms with Crippen LogP contribution in [0.1, 0.15) is 0 Å². The topological polar surface area (TPSA) is 13.1 Å². The molecule has 0 aliphatic carbocycles. The average molecular weight is 305 g/mol. The fourth-order valence-corrected chi connectivity index (χ4v) is 2.97. The summed E-state index contributed by atoms with van der Waals surface area (Å²) >= 11 is 6.50. The Hall–Kier alpha value is -2.51. The Morgan fingerprint density at radius 2 is 1.32 bits per heavy atom. The molecule has 0 radical (unpaired) electrons. The second-order valence-corrected chi connectivity index (χ2v) is 5.57. The van der Waals surface area contributed by atoms with Gasteiger partial charge < -0.3 is 4.42 Å². The van der Waals surface area contributed by atoms with Gasteiger partial charge in [0, 0.05) is 10.9 Å². The fourth-order valence-electron chi connectivity index (χ4n) is 2.67. The highest BCUT2D eigenvalue weighted by Gasteiger charge is 2.14. The molecular formula is C20H13ClO. The van der Waals surface area contributed by atoms with E-state index in [0.717, 1.165) is 27.9 Å². The molecule has 1 heterocycles. The van der Waals surface area contributed by atoms with Crippen LogP contribution in [0.2, 0.25) is 5.02 Å². The Kier molecular flexibility index (Phi) is 3.21. The van der Waals surface area contributed by atoms with E-state index >= 15 is 0 Å². The summed E-state index contributed by atoms with van der Waals surface area (Å²) < 4.78 is 5.94. The molecule has 0 unspecified atom stereocenters. The standard InChI is InChI=1S/C20H13ClO/c21-19-17-11-4-5-12-18(17)22-20(19)16-10-6-9-15(13-16)14-7-2-1-3-8-14/h1-13H. The van der Waals surface area contributed by atoms with Crippen molar-refractivity contribution in [2.24, 2.45) is 0 Å². The van der Waals surface area contributed by atoms with Crippen LogP contribution in [-0.2, 0) is 0 Å². The van der Waals surface area contributed by atoms with E-state index < -0.39 is 0 Å². The van der Waals surface area contributed by atoms with Crippen LogP contribution in [-0.4, -0.2) is 0 Å². The highest BCUT2D eigenvalue weighted by molar-refractivity contribution is 6.38. The molecule has 4 aromatic rings. The summed E-state index contributed by atoms with van der Waals surface area (Å²) in [7, 11) is 0. The van der Waals surface area contributed by atoms with Crippen LogP contribution in [0.4, 0.5) is 0 Å². The van der Waals surface area contributed by atoms with Crippen molar-refractivity contribution in [3.63, 3.8) is 0 Å².